The standard InChI is InChI=1S/C21H26N2O3.ClH/c1-26-21(25)19-15-10-17-20-14(13-4-2-3-5-16(13)22-20)8-9-23(17)11-12(15)6-7-18(19)24;/h2-5,12,15,17-19,22,24H,6-11H2,1H3;1H/p-1/t12-,15-,17-,18-,19?;/m0./s1. The van der Waals surface area contributed by atoms with E-state index in [0.29, 0.717) is 18.4 Å². The lowest BCUT2D eigenvalue weighted by Gasteiger charge is -2.50. The van der Waals surface area contributed by atoms with Gasteiger partial charge in [0.05, 0.1) is 25.2 Å². The molecule has 1 aliphatic carbocycles. The number of para-hydroxylation sites is 1. The Morgan fingerprint density at radius 3 is 2.93 bits per heavy atom. The summed E-state index contributed by atoms with van der Waals surface area (Å²) >= 11 is 0. The van der Waals surface area contributed by atoms with Gasteiger partial charge in [0.1, 0.15) is 0 Å². The number of hydrogen-bond acceptors (Lipinski definition) is 4. The highest BCUT2D eigenvalue weighted by Crippen LogP contribution is 2.49. The number of aromatic nitrogens is 1. The number of aliphatic hydroxyl groups excluding tert-OH is 1. The Labute approximate surface area is 165 Å². The van der Waals surface area contributed by atoms with Crippen molar-refractivity contribution in [3.63, 3.8) is 0 Å². The fraction of sp³-hybridized carbons (Fsp3) is 0.571. The Morgan fingerprint density at radius 2 is 2.11 bits per heavy atom. The van der Waals surface area contributed by atoms with Gasteiger partial charge in [0.15, 0.2) is 0 Å². The number of aromatic amines is 1. The van der Waals surface area contributed by atoms with Crippen LogP contribution in [0.25, 0.3) is 10.9 Å². The largest absolute Gasteiger partial charge is 1.00 e. The number of fused-ring (bicyclic) bond motifs is 6. The van der Waals surface area contributed by atoms with E-state index in [9.17, 15) is 9.90 Å². The lowest BCUT2D eigenvalue weighted by atomic mass is 9.65. The van der Waals surface area contributed by atoms with E-state index in [0.717, 1.165) is 32.4 Å². The molecule has 0 amide bonds. The molecular weight excluding hydrogens is 364 g/mol. The fourth-order valence-electron chi connectivity index (χ4n) is 5.80. The van der Waals surface area contributed by atoms with Gasteiger partial charge in [-0.05, 0) is 49.1 Å². The van der Waals surface area contributed by atoms with Gasteiger partial charge in [-0.1, -0.05) is 18.2 Å². The van der Waals surface area contributed by atoms with E-state index in [1.54, 1.807) is 0 Å². The van der Waals surface area contributed by atoms with Crippen LogP contribution in [0.2, 0.25) is 0 Å². The summed E-state index contributed by atoms with van der Waals surface area (Å²) < 4.78 is 5.04. The number of halogens is 1. The van der Waals surface area contributed by atoms with Crippen molar-refractivity contribution < 1.29 is 27.0 Å². The van der Waals surface area contributed by atoms with Crippen molar-refractivity contribution in [2.75, 3.05) is 20.2 Å². The number of hydrogen-bond donors (Lipinski definition) is 2. The third-order valence-electron chi connectivity index (χ3n) is 7.02. The Kier molecular flexibility index (Phi) is 4.95. The fourth-order valence-corrected chi connectivity index (χ4v) is 5.80. The van der Waals surface area contributed by atoms with Crippen molar-refractivity contribution in [1.82, 2.24) is 9.88 Å². The van der Waals surface area contributed by atoms with E-state index in [-0.39, 0.29) is 30.2 Å². The molecule has 146 valence electrons. The lowest BCUT2D eigenvalue weighted by Crippen LogP contribution is -3.00. The summed E-state index contributed by atoms with van der Waals surface area (Å²) in [5.74, 6) is 0.0541. The van der Waals surface area contributed by atoms with E-state index in [4.69, 9.17) is 4.74 Å². The smallest absolute Gasteiger partial charge is 0.311 e. The molecule has 2 aromatic rings. The zero-order chi connectivity index (χ0) is 17.8. The highest BCUT2D eigenvalue weighted by molar-refractivity contribution is 5.85. The van der Waals surface area contributed by atoms with Gasteiger partial charge in [-0.25, -0.2) is 0 Å². The van der Waals surface area contributed by atoms with Crippen LogP contribution in [0, 0.1) is 17.8 Å². The van der Waals surface area contributed by atoms with Crippen molar-refractivity contribution in [1.29, 1.82) is 0 Å². The molecule has 5 rings (SSSR count). The van der Waals surface area contributed by atoms with Crippen molar-refractivity contribution in [2.45, 2.75) is 37.8 Å². The van der Waals surface area contributed by atoms with E-state index in [1.807, 2.05) is 0 Å². The van der Waals surface area contributed by atoms with Gasteiger partial charge >= 0.3 is 5.97 Å². The number of H-pyrrole nitrogens is 1. The second-order valence-electron chi connectivity index (χ2n) is 8.18. The molecule has 3 aliphatic rings. The lowest BCUT2D eigenvalue weighted by molar-refractivity contribution is -0.160. The molecule has 0 radical (unpaired) electrons. The van der Waals surface area contributed by atoms with Gasteiger partial charge in [0.25, 0.3) is 0 Å². The molecule has 0 bridgehead atoms. The molecule has 5 atom stereocenters. The first-order valence-corrected chi connectivity index (χ1v) is 9.76. The molecule has 5 nitrogen and oxygen atoms in total. The van der Waals surface area contributed by atoms with Crippen LogP contribution in [0.15, 0.2) is 24.3 Å². The van der Waals surface area contributed by atoms with Crippen LogP contribution in [-0.2, 0) is 16.0 Å². The number of ether oxygens (including phenoxy) is 1. The SMILES string of the molecule is COC(=O)C1[C@H]2C[C@H]3c4[nH]c5ccccc5c4CCN3C[C@@H]2CC[C@@H]1O.[Cl-]. The molecule has 1 aromatic carbocycles. The van der Waals surface area contributed by atoms with Gasteiger partial charge in [0.2, 0.25) is 0 Å². The summed E-state index contributed by atoms with van der Waals surface area (Å²) in [5.41, 5.74) is 3.96. The minimum Gasteiger partial charge on any atom is -1.00 e. The second-order valence-corrected chi connectivity index (χ2v) is 8.18. The second kappa shape index (κ2) is 7.12. The molecule has 1 aromatic heterocycles. The number of rotatable bonds is 1. The van der Waals surface area contributed by atoms with Gasteiger partial charge in [-0.15, -0.1) is 0 Å². The van der Waals surface area contributed by atoms with Crippen LogP contribution in [0.5, 0.6) is 0 Å². The summed E-state index contributed by atoms with van der Waals surface area (Å²) in [6.45, 7) is 2.10. The first-order chi connectivity index (χ1) is 12.7. The van der Waals surface area contributed by atoms with Crippen LogP contribution in [0.3, 0.4) is 0 Å². The van der Waals surface area contributed by atoms with Crippen molar-refractivity contribution >= 4 is 16.9 Å². The van der Waals surface area contributed by atoms with Gasteiger partial charge < -0.3 is 27.2 Å². The van der Waals surface area contributed by atoms with Gasteiger partial charge in [-0.2, -0.15) is 0 Å². The Balaban J connectivity index is 0.00000180. The molecule has 2 aliphatic heterocycles. The molecule has 2 N–H and O–H groups in total. The number of nitrogens with one attached hydrogen (secondary N) is 1. The van der Waals surface area contributed by atoms with Crippen LogP contribution in [0.4, 0.5) is 0 Å². The highest BCUT2D eigenvalue weighted by Gasteiger charge is 2.49. The number of piperidine rings is 1. The highest BCUT2D eigenvalue weighted by atomic mass is 35.5. The summed E-state index contributed by atoms with van der Waals surface area (Å²) in [6, 6.07) is 8.83. The Hall–Kier alpha value is -1.56. The number of aliphatic hydroxyl groups is 1. The molecule has 1 saturated carbocycles. The first kappa shape index (κ1) is 18.8. The number of esters is 1. The maximum Gasteiger partial charge on any atom is 0.311 e. The molecule has 27 heavy (non-hydrogen) atoms. The predicted octanol–water partition coefficient (Wildman–Crippen LogP) is -0.349. The number of carbonyl (C=O) groups excluding carboxylic acids is 1. The van der Waals surface area contributed by atoms with Crippen LogP contribution in [0.1, 0.15) is 36.6 Å². The van der Waals surface area contributed by atoms with E-state index >= 15 is 0 Å². The molecule has 6 heteroatoms. The monoisotopic (exact) mass is 389 g/mol. The summed E-state index contributed by atoms with van der Waals surface area (Å²) in [6.07, 6.45) is 3.14. The predicted molar refractivity (Wildman–Crippen MR) is 98.7 cm³/mol. The zero-order valence-electron chi connectivity index (χ0n) is 15.5. The van der Waals surface area contributed by atoms with Crippen LogP contribution >= 0.6 is 0 Å². The molecule has 2 fully saturated rings. The zero-order valence-corrected chi connectivity index (χ0v) is 16.3. The molecule has 0 spiro atoms. The first-order valence-electron chi connectivity index (χ1n) is 9.76. The average molecular weight is 390 g/mol. The normalized spacial score (nSPS) is 32.7. The average Bonchev–Trinajstić information content (AvgIpc) is 3.05. The quantitative estimate of drug-likeness (QED) is 0.654. The Bertz CT molecular complexity index is 851. The van der Waals surface area contributed by atoms with Crippen molar-refractivity contribution in [3.05, 3.63) is 35.5 Å². The van der Waals surface area contributed by atoms with Crippen molar-refractivity contribution in [3.8, 4) is 0 Å². The molecular formula is C21H26ClN2O3-. The summed E-state index contributed by atoms with van der Waals surface area (Å²) in [5, 5.41) is 11.8. The topological polar surface area (TPSA) is 65.6 Å². The minimum absolute atomic E-state index is 0. The van der Waals surface area contributed by atoms with Crippen LogP contribution < -0.4 is 12.4 Å². The number of nitrogens with zero attached hydrogens (tertiary/aromatic N) is 1. The van der Waals surface area contributed by atoms with E-state index in [2.05, 4.69) is 34.1 Å². The minimum atomic E-state index is -0.568. The van der Waals surface area contributed by atoms with Gasteiger partial charge in [0, 0.05) is 29.7 Å². The molecule has 1 unspecified atom stereocenters. The van der Waals surface area contributed by atoms with E-state index in [1.165, 1.54) is 29.3 Å². The molecule has 3 heterocycles. The van der Waals surface area contributed by atoms with Gasteiger partial charge in [-0.3, -0.25) is 9.69 Å². The molecule has 1 saturated heterocycles. The third-order valence-corrected chi connectivity index (χ3v) is 7.02. The van der Waals surface area contributed by atoms with Crippen molar-refractivity contribution in [2.24, 2.45) is 17.8 Å². The maximum atomic E-state index is 12.4. The summed E-state index contributed by atoms with van der Waals surface area (Å²) in [4.78, 5) is 18.6. The third kappa shape index (κ3) is 2.87. The maximum absolute atomic E-state index is 12.4. The van der Waals surface area contributed by atoms with Crippen LogP contribution in [-0.4, -0.2) is 47.3 Å². The van der Waals surface area contributed by atoms with E-state index < -0.39 is 6.10 Å². The summed E-state index contributed by atoms with van der Waals surface area (Å²) in [7, 11) is 1.43. The number of methoxy groups -OCH3 is 1. The Morgan fingerprint density at radius 1 is 1.30 bits per heavy atom. The number of carbonyl (C=O) groups is 1. The number of benzene rings is 1.